The first-order valence-electron chi connectivity index (χ1n) is 9.97. The summed E-state index contributed by atoms with van der Waals surface area (Å²) in [5.74, 6) is 1.86. The molecular weight excluding hydrogens is 417 g/mol. The molecule has 0 unspecified atom stereocenters. The number of halogens is 1. The first kappa shape index (κ1) is 21.0. The highest BCUT2D eigenvalue weighted by molar-refractivity contribution is 7.99. The zero-order chi connectivity index (χ0) is 20.9. The van der Waals surface area contributed by atoms with E-state index in [9.17, 15) is 9.18 Å². The first-order valence-corrected chi connectivity index (χ1v) is 12.0. The largest absolute Gasteiger partial charge is 0.320 e. The van der Waals surface area contributed by atoms with Crippen LogP contribution in [0.25, 0.3) is 0 Å². The van der Waals surface area contributed by atoms with E-state index in [-0.39, 0.29) is 11.7 Å². The molecule has 1 saturated heterocycles. The number of carbonyl (C=O) groups excluding carboxylic acids is 1. The topological polar surface area (TPSA) is 45.2 Å². The van der Waals surface area contributed by atoms with E-state index >= 15 is 0 Å². The SMILES string of the molecule is Cc1ccc(CN2CCSCC2)cc1NC(=O)c1csc(Cc2ccccc2F)n1. The maximum Gasteiger partial charge on any atom is 0.275 e. The number of nitrogens with zero attached hydrogens (tertiary/aromatic N) is 2. The van der Waals surface area contributed by atoms with E-state index in [4.69, 9.17) is 0 Å². The fraction of sp³-hybridized carbons (Fsp3) is 0.304. The van der Waals surface area contributed by atoms with Gasteiger partial charge in [-0.05, 0) is 35.7 Å². The van der Waals surface area contributed by atoms with Crippen molar-refractivity contribution in [2.24, 2.45) is 0 Å². The molecule has 1 aromatic heterocycles. The van der Waals surface area contributed by atoms with Crippen LogP contribution in [0.15, 0.2) is 47.8 Å². The average Bonchev–Trinajstić information content (AvgIpc) is 3.22. The molecule has 0 spiro atoms. The number of benzene rings is 2. The Labute approximate surface area is 184 Å². The fourth-order valence-electron chi connectivity index (χ4n) is 3.41. The van der Waals surface area contributed by atoms with Crippen LogP contribution in [0.3, 0.4) is 0 Å². The molecule has 1 N–H and O–H groups in total. The Hall–Kier alpha value is -2.22. The summed E-state index contributed by atoms with van der Waals surface area (Å²) in [7, 11) is 0. The van der Waals surface area contributed by atoms with Crippen molar-refractivity contribution in [1.29, 1.82) is 0 Å². The van der Waals surface area contributed by atoms with Gasteiger partial charge in [-0.25, -0.2) is 9.37 Å². The third-order valence-electron chi connectivity index (χ3n) is 5.14. The van der Waals surface area contributed by atoms with Gasteiger partial charge in [-0.15, -0.1) is 11.3 Å². The number of thiazole rings is 1. The van der Waals surface area contributed by atoms with Gasteiger partial charge >= 0.3 is 0 Å². The zero-order valence-corrected chi connectivity index (χ0v) is 18.5. The first-order chi connectivity index (χ1) is 14.6. The van der Waals surface area contributed by atoms with Crippen LogP contribution in [-0.4, -0.2) is 40.4 Å². The second kappa shape index (κ2) is 9.73. The van der Waals surface area contributed by atoms with Gasteiger partial charge in [-0.2, -0.15) is 11.8 Å². The van der Waals surface area contributed by atoms with Crippen LogP contribution in [-0.2, 0) is 13.0 Å². The zero-order valence-electron chi connectivity index (χ0n) is 16.9. The van der Waals surface area contributed by atoms with Crippen molar-refractivity contribution in [2.45, 2.75) is 19.9 Å². The van der Waals surface area contributed by atoms with E-state index < -0.39 is 0 Å². The van der Waals surface area contributed by atoms with Crippen molar-refractivity contribution in [2.75, 3.05) is 29.9 Å². The van der Waals surface area contributed by atoms with Crippen molar-refractivity contribution in [3.63, 3.8) is 0 Å². The Bertz CT molecular complexity index is 1030. The number of nitrogens with one attached hydrogen (secondary N) is 1. The van der Waals surface area contributed by atoms with E-state index in [1.54, 1.807) is 23.6 Å². The summed E-state index contributed by atoms with van der Waals surface area (Å²) in [5, 5.41) is 5.45. The number of hydrogen-bond donors (Lipinski definition) is 1. The summed E-state index contributed by atoms with van der Waals surface area (Å²) in [6.07, 6.45) is 0.382. The van der Waals surface area contributed by atoms with Gasteiger partial charge in [-0.1, -0.05) is 30.3 Å². The Morgan fingerprint density at radius 3 is 2.80 bits per heavy atom. The molecule has 0 aliphatic carbocycles. The van der Waals surface area contributed by atoms with Crippen LogP contribution in [0.4, 0.5) is 10.1 Å². The summed E-state index contributed by atoms with van der Waals surface area (Å²) in [5.41, 5.74) is 3.97. The number of amides is 1. The molecule has 1 aliphatic rings. The predicted octanol–water partition coefficient (Wildman–Crippen LogP) is 4.98. The van der Waals surface area contributed by atoms with Gasteiger partial charge in [0.05, 0.1) is 5.01 Å². The normalized spacial score (nSPS) is 14.6. The van der Waals surface area contributed by atoms with Crippen LogP contribution in [0.1, 0.15) is 32.2 Å². The summed E-state index contributed by atoms with van der Waals surface area (Å²) >= 11 is 3.37. The molecule has 1 fully saturated rings. The lowest BCUT2D eigenvalue weighted by atomic mass is 10.1. The Morgan fingerprint density at radius 1 is 1.20 bits per heavy atom. The van der Waals surface area contributed by atoms with E-state index in [0.717, 1.165) is 35.9 Å². The fourth-order valence-corrected chi connectivity index (χ4v) is 5.18. The summed E-state index contributed by atoms with van der Waals surface area (Å²) in [6.45, 7) is 5.09. The van der Waals surface area contributed by atoms with Crippen molar-refractivity contribution in [3.05, 3.63) is 81.1 Å². The molecule has 0 atom stereocenters. The number of carbonyl (C=O) groups is 1. The molecule has 4 nitrogen and oxygen atoms in total. The van der Waals surface area contributed by atoms with Crippen molar-refractivity contribution >= 4 is 34.7 Å². The minimum Gasteiger partial charge on any atom is -0.320 e. The molecule has 30 heavy (non-hydrogen) atoms. The van der Waals surface area contributed by atoms with Crippen LogP contribution in [0.2, 0.25) is 0 Å². The maximum absolute atomic E-state index is 13.9. The second-order valence-electron chi connectivity index (χ2n) is 7.39. The smallest absolute Gasteiger partial charge is 0.275 e. The quantitative estimate of drug-likeness (QED) is 0.586. The average molecular weight is 442 g/mol. The highest BCUT2D eigenvalue weighted by atomic mass is 32.2. The number of hydrogen-bond acceptors (Lipinski definition) is 5. The summed E-state index contributed by atoms with van der Waals surface area (Å²) in [6, 6.07) is 12.9. The van der Waals surface area contributed by atoms with Gasteiger partial charge in [0.25, 0.3) is 5.91 Å². The van der Waals surface area contributed by atoms with Crippen LogP contribution < -0.4 is 5.32 Å². The number of thioether (sulfide) groups is 1. The molecular formula is C23H24FN3OS2. The minimum atomic E-state index is -0.251. The number of aromatic nitrogens is 1. The highest BCUT2D eigenvalue weighted by Crippen LogP contribution is 2.22. The molecule has 0 bridgehead atoms. The molecule has 1 aliphatic heterocycles. The molecule has 1 amide bonds. The Kier molecular flexibility index (Phi) is 6.82. The van der Waals surface area contributed by atoms with Gasteiger partial charge in [0.1, 0.15) is 11.5 Å². The number of anilines is 1. The number of aryl methyl sites for hydroxylation is 1. The predicted molar refractivity (Wildman–Crippen MR) is 123 cm³/mol. The lowest BCUT2D eigenvalue weighted by Crippen LogP contribution is -2.32. The van der Waals surface area contributed by atoms with Gasteiger partial charge in [0, 0.05) is 48.6 Å². The van der Waals surface area contributed by atoms with E-state index in [0.29, 0.717) is 17.7 Å². The van der Waals surface area contributed by atoms with Crippen molar-refractivity contribution in [1.82, 2.24) is 9.88 Å². The second-order valence-corrected chi connectivity index (χ2v) is 9.55. The molecule has 0 saturated carbocycles. The third kappa shape index (κ3) is 5.28. The maximum atomic E-state index is 13.9. The van der Waals surface area contributed by atoms with E-state index in [1.165, 1.54) is 34.5 Å². The monoisotopic (exact) mass is 441 g/mol. The molecule has 156 valence electrons. The van der Waals surface area contributed by atoms with Gasteiger partial charge < -0.3 is 5.32 Å². The minimum absolute atomic E-state index is 0.236. The molecule has 2 heterocycles. The van der Waals surface area contributed by atoms with E-state index in [1.807, 2.05) is 24.8 Å². The lowest BCUT2D eigenvalue weighted by molar-refractivity contribution is 0.102. The molecule has 3 aromatic rings. The third-order valence-corrected chi connectivity index (χ3v) is 6.94. The Morgan fingerprint density at radius 2 is 2.00 bits per heavy atom. The van der Waals surface area contributed by atoms with Crippen LogP contribution >= 0.6 is 23.1 Å². The lowest BCUT2D eigenvalue weighted by Gasteiger charge is -2.26. The van der Waals surface area contributed by atoms with Gasteiger partial charge in [0.2, 0.25) is 0 Å². The standard InChI is InChI=1S/C23H24FN3OS2/c1-16-6-7-17(14-27-8-10-29-11-9-27)12-20(16)26-23(28)21-15-30-22(25-21)13-18-4-2-3-5-19(18)24/h2-7,12,15H,8-11,13-14H2,1H3,(H,26,28). The number of rotatable bonds is 6. The van der Waals surface area contributed by atoms with Gasteiger partial charge in [-0.3, -0.25) is 9.69 Å². The van der Waals surface area contributed by atoms with Crippen molar-refractivity contribution in [3.8, 4) is 0 Å². The molecule has 2 aromatic carbocycles. The molecule has 7 heteroatoms. The Balaban J connectivity index is 1.43. The van der Waals surface area contributed by atoms with Crippen LogP contribution in [0, 0.1) is 12.7 Å². The summed E-state index contributed by atoms with van der Waals surface area (Å²) < 4.78 is 13.9. The van der Waals surface area contributed by atoms with Gasteiger partial charge in [0.15, 0.2) is 0 Å². The highest BCUT2D eigenvalue weighted by Gasteiger charge is 2.15. The molecule has 0 radical (unpaired) electrons. The van der Waals surface area contributed by atoms with Crippen molar-refractivity contribution < 1.29 is 9.18 Å². The van der Waals surface area contributed by atoms with Crippen LogP contribution in [0.5, 0.6) is 0 Å². The molecule has 4 rings (SSSR count). The summed E-state index contributed by atoms with van der Waals surface area (Å²) in [4.78, 5) is 19.6. The van der Waals surface area contributed by atoms with E-state index in [2.05, 4.69) is 27.3 Å².